The zero-order chi connectivity index (χ0) is 13.0. The van der Waals surface area contributed by atoms with Gasteiger partial charge in [0.05, 0.1) is 9.95 Å². The van der Waals surface area contributed by atoms with Crippen LogP contribution >= 0.6 is 11.6 Å². The molecule has 17 heavy (non-hydrogen) atoms. The highest BCUT2D eigenvalue weighted by molar-refractivity contribution is 6.31. The van der Waals surface area contributed by atoms with Gasteiger partial charge >= 0.3 is 0 Å². The normalized spacial score (nSPS) is 12.8. The maximum absolute atomic E-state index is 10.6. The fourth-order valence-corrected chi connectivity index (χ4v) is 1.98. The van der Waals surface area contributed by atoms with Gasteiger partial charge in [-0.25, -0.2) is 0 Å². The lowest BCUT2D eigenvalue weighted by Gasteiger charge is -2.20. The van der Waals surface area contributed by atoms with Crippen molar-refractivity contribution >= 4 is 17.3 Å². The van der Waals surface area contributed by atoms with Crippen molar-refractivity contribution in [1.82, 2.24) is 5.32 Å². The fraction of sp³-hybridized carbons (Fsp3) is 0.500. The maximum Gasteiger partial charge on any atom is 0.270 e. The molecule has 0 saturated carbocycles. The molecule has 0 aliphatic rings. The number of benzene rings is 1. The van der Waals surface area contributed by atoms with Crippen molar-refractivity contribution in [3.63, 3.8) is 0 Å². The lowest BCUT2D eigenvalue weighted by molar-refractivity contribution is -0.384. The van der Waals surface area contributed by atoms with E-state index in [1.54, 1.807) is 6.07 Å². The third-order valence-electron chi connectivity index (χ3n) is 2.86. The van der Waals surface area contributed by atoms with Gasteiger partial charge < -0.3 is 5.32 Å². The molecule has 1 unspecified atom stereocenters. The molecular weight excluding hydrogens is 240 g/mol. The summed E-state index contributed by atoms with van der Waals surface area (Å²) < 4.78 is 0. The van der Waals surface area contributed by atoms with Gasteiger partial charge in [-0.05, 0) is 24.9 Å². The minimum Gasteiger partial charge on any atom is -0.316 e. The number of halogens is 1. The van der Waals surface area contributed by atoms with Crippen molar-refractivity contribution < 1.29 is 4.92 Å². The predicted molar refractivity (Wildman–Crippen MR) is 69.5 cm³/mol. The Morgan fingerprint density at radius 2 is 2.12 bits per heavy atom. The molecule has 1 aromatic rings. The first-order valence-corrected chi connectivity index (χ1v) is 5.93. The molecule has 0 amide bonds. The highest BCUT2D eigenvalue weighted by Crippen LogP contribution is 2.24. The van der Waals surface area contributed by atoms with Crippen LogP contribution in [0.2, 0.25) is 5.02 Å². The molecule has 0 heterocycles. The Labute approximate surface area is 106 Å². The monoisotopic (exact) mass is 256 g/mol. The number of nitrogens with one attached hydrogen (secondary N) is 1. The molecule has 1 rings (SSSR count). The standard InChI is InChI=1S/C12H17ClN2O2/c1-8(2)12(14-3)6-9-4-5-10(15(16)17)7-11(9)13/h4-5,7-8,12,14H,6H2,1-3H3. The first kappa shape index (κ1) is 13.9. The van der Waals surface area contributed by atoms with E-state index in [1.807, 2.05) is 7.05 Å². The van der Waals surface area contributed by atoms with Crippen LogP contribution in [-0.2, 0) is 6.42 Å². The Hall–Kier alpha value is -1.13. The van der Waals surface area contributed by atoms with Gasteiger partial charge in [0, 0.05) is 18.2 Å². The highest BCUT2D eigenvalue weighted by Gasteiger charge is 2.15. The van der Waals surface area contributed by atoms with Crippen LogP contribution in [0, 0.1) is 16.0 Å². The SMILES string of the molecule is CNC(Cc1ccc([N+](=O)[O-])cc1Cl)C(C)C. The highest BCUT2D eigenvalue weighted by atomic mass is 35.5. The van der Waals surface area contributed by atoms with Crippen LogP contribution in [0.3, 0.4) is 0 Å². The third kappa shape index (κ3) is 3.68. The maximum atomic E-state index is 10.6. The number of nitro benzene ring substituents is 1. The summed E-state index contributed by atoms with van der Waals surface area (Å²) in [5, 5.41) is 14.3. The van der Waals surface area contributed by atoms with E-state index >= 15 is 0 Å². The first-order valence-electron chi connectivity index (χ1n) is 5.55. The van der Waals surface area contributed by atoms with Gasteiger partial charge in [-0.15, -0.1) is 0 Å². The molecule has 0 aliphatic carbocycles. The second-order valence-corrected chi connectivity index (χ2v) is 4.78. The van der Waals surface area contributed by atoms with Crippen molar-refractivity contribution in [2.45, 2.75) is 26.3 Å². The lowest BCUT2D eigenvalue weighted by Crippen LogP contribution is -2.32. The van der Waals surface area contributed by atoms with Gasteiger partial charge in [0.1, 0.15) is 0 Å². The molecule has 0 saturated heterocycles. The van der Waals surface area contributed by atoms with Crippen molar-refractivity contribution in [2.24, 2.45) is 5.92 Å². The second-order valence-electron chi connectivity index (χ2n) is 4.38. The zero-order valence-corrected chi connectivity index (χ0v) is 11.0. The molecule has 5 heteroatoms. The Kier molecular flexibility index (Phi) is 4.90. The van der Waals surface area contributed by atoms with Gasteiger partial charge in [0.2, 0.25) is 0 Å². The first-order chi connectivity index (χ1) is 7.95. The number of likely N-dealkylation sites (N-methyl/N-ethyl adjacent to an activating group) is 1. The van der Waals surface area contributed by atoms with E-state index in [2.05, 4.69) is 19.2 Å². The lowest BCUT2D eigenvalue weighted by atomic mass is 9.96. The summed E-state index contributed by atoms with van der Waals surface area (Å²) >= 11 is 6.05. The minimum atomic E-state index is -0.437. The molecule has 4 nitrogen and oxygen atoms in total. The molecule has 0 spiro atoms. The number of nitro groups is 1. The molecule has 1 N–H and O–H groups in total. The van der Waals surface area contributed by atoms with Crippen molar-refractivity contribution in [3.05, 3.63) is 38.9 Å². The zero-order valence-electron chi connectivity index (χ0n) is 10.2. The van der Waals surface area contributed by atoms with Gasteiger partial charge in [-0.2, -0.15) is 0 Å². The number of hydrogen-bond acceptors (Lipinski definition) is 3. The van der Waals surface area contributed by atoms with Crippen molar-refractivity contribution in [2.75, 3.05) is 7.05 Å². The Balaban J connectivity index is 2.89. The molecule has 94 valence electrons. The van der Waals surface area contributed by atoms with Crippen molar-refractivity contribution in [3.8, 4) is 0 Å². The predicted octanol–water partition coefficient (Wildman–Crippen LogP) is 3.03. The minimum absolute atomic E-state index is 0.0318. The summed E-state index contributed by atoms with van der Waals surface area (Å²) in [6.07, 6.45) is 0.769. The van der Waals surface area contributed by atoms with Crippen LogP contribution in [-0.4, -0.2) is 18.0 Å². The number of non-ortho nitro benzene ring substituents is 1. The second kappa shape index (κ2) is 5.98. The summed E-state index contributed by atoms with van der Waals surface area (Å²) in [4.78, 5) is 10.1. The summed E-state index contributed by atoms with van der Waals surface area (Å²) in [5.74, 6) is 0.478. The van der Waals surface area contributed by atoms with Gasteiger partial charge in [-0.3, -0.25) is 10.1 Å². The molecule has 0 radical (unpaired) electrons. The van der Waals surface area contributed by atoms with E-state index in [9.17, 15) is 10.1 Å². The van der Waals surface area contributed by atoms with E-state index in [1.165, 1.54) is 12.1 Å². The quantitative estimate of drug-likeness (QED) is 0.651. The topological polar surface area (TPSA) is 55.2 Å². The molecule has 0 fully saturated rings. The van der Waals surface area contributed by atoms with Crippen LogP contribution in [0.15, 0.2) is 18.2 Å². The van der Waals surface area contributed by atoms with Crippen LogP contribution in [0.5, 0.6) is 0 Å². The van der Waals surface area contributed by atoms with E-state index < -0.39 is 4.92 Å². The Morgan fingerprint density at radius 1 is 1.47 bits per heavy atom. The van der Waals surface area contributed by atoms with E-state index in [0.717, 1.165) is 12.0 Å². The average Bonchev–Trinajstić information content (AvgIpc) is 2.26. The van der Waals surface area contributed by atoms with Gasteiger partial charge in [0.25, 0.3) is 5.69 Å². The van der Waals surface area contributed by atoms with E-state index in [4.69, 9.17) is 11.6 Å². The van der Waals surface area contributed by atoms with Crippen LogP contribution in [0.1, 0.15) is 19.4 Å². The third-order valence-corrected chi connectivity index (χ3v) is 3.21. The van der Waals surface area contributed by atoms with E-state index in [0.29, 0.717) is 17.0 Å². The van der Waals surface area contributed by atoms with Crippen LogP contribution in [0.25, 0.3) is 0 Å². The van der Waals surface area contributed by atoms with Crippen LogP contribution in [0.4, 0.5) is 5.69 Å². The largest absolute Gasteiger partial charge is 0.316 e. The van der Waals surface area contributed by atoms with Gasteiger partial charge in [0.15, 0.2) is 0 Å². The number of hydrogen-bond donors (Lipinski definition) is 1. The fourth-order valence-electron chi connectivity index (χ4n) is 1.72. The molecule has 0 bridgehead atoms. The summed E-state index contributed by atoms with van der Waals surface area (Å²) in [7, 11) is 1.91. The summed E-state index contributed by atoms with van der Waals surface area (Å²) in [6.45, 7) is 4.25. The number of rotatable bonds is 5. The number of nitrogens with zero attached hydrogens (tertiary/aromatic N) is 1. The molecular formula is C12H17ClN2O2. The molecule has 1 atom stereocenters. The van der Waals surface area contributed by atoms with Gasteiger partial charge in [-0.1, -0.05) is 31.5 Å². The Bertz CT molecular complexity index is 407. The molecule has 0 aliphatic heterocycles. The van der Waals surface area contributed by atoms with Crippen LogP contribution < -0.4 is 5.32 Å². The average molecular weight is 257 g/mol. The molecule has 1 aromatic carbocycles. The Morgan fingerprint density at radius 3 is 2.53 bits per heavy atom. The van der Waals surface area contributed by atoms with E-state index in [-0.39, 0.29) is 5.69 Å². The summed E-state index contributed by atoms with van der Waals surface area (Å²) in [5.41, 5.74) is 0.967. The van der Waals surface area contributed by atoms with Crippen molar-refractivity contribution in [1.29, 1.82) is 0 Å². The smallest absolute Gasteiger partial charge is 0.270 e. The summed E-state index contributed by atoms with van der Waals surface area (Å²) in [6, 6.07) is 4.94. The molecule has 0 aromatic heterocycles.